The van der Waals surface area contributed by atoms with Crippen molar-refractivity contribution in [3.8, 4) is 0 Å². The van der Waals surface area contributed by atoms with E-state index in [0.717, 1.165) is 11.1 Å². The minimum absolute atomic E-state index is 0.321. The van der Waals surface area contributed by atoms with E-state index in [2.05, 4.69) is 15.2 Å². The Labute approximate surface area is 122 Å². The number of fused-ring (bicyclic) bond motifs is 1. The molecule has 0 amide bonds. The molecule has 3 rings (SSSR count). The zero-order chi connectivity index (χ0) is 14.9. The summed E-state index contributed by atoms with van der Waals surface area (Å²) in [4.78, 5) is 4.06. The van der Waals surface area contributed by atoms with E-state index in [1.807, 2.05) is 31.2 Å². The number of nitrogens with zero attached hydrogens (tertiary/aromatic N) is 4. The second-order valence-corrected chi connectivity index (χ2v) is 4.87. The average molecular weight is 288 g/mol. The minimum Gasteiger partial charge on any atom is -0.480 e. The third kappa shape index (κ3) is 2.25. The van der Waals surface area contributed by atoms with Crippen LogP contribution in [0.25, 0.3) is 0 Å². The van der Waals surface area contributed by atoms with Gasteiger partial charge in [-0.25, -0.2) is 0 Å². The standard InChI is InChI=1S/C14H16N4O3/c1-14(20-3)8-10-6-4-5-7-11(10)12(19-2)16-18(14)13-15-9-21-17-13/h4-7,9H,8H2,1-3H3. The molecule has 0 N–H and O–H groups in total. The number of rotatable bonds is 2. The second-order valence-electron chi connectivity index (χ2n) is 4.87. The summed E-state index contributed by atoms with van der Waals surface area (Å²) in [7, 11) is 3.21. The van der Waals surface area contributed by atoms with Crippen molar-refractivity contribution in [2.45, 2.75) is 19.1 Å². The van der Waals surface area contributed by atoms with Crippen molar-refractivity contribution < 1.29 is 14.0 Å². The lowest BCUT2D eigenvalue weighted by Gasteiger charge is -2.34. The predicted molar refractivity (Wildman–Crippen MR) is 75.9 cm³/mol. The first-order valence-electron chi connectivity index (χ1n) is 6.50. The van der Waals surface area contributed by atoms with Crippen LogP contribution in [0.4, 0.5) is 5.95 Å². The fourth-order valence-electron chi connectivity index (χ4n) is 2.39. The quantitative estimate of drug-likeness (QED) is 0.839. The van der Waals surface area contributed by atoms with E-state index in [1.165, 1.54) is 6.39 Å². The molecule has 110 valence electrons. The largest absolute Gasteiger partial charge is 0.480 e. The summed E-state index contributed by atoms with van der Waals surface area (Å²) < 4.78 is 15.9. The number of methoxy groups -OCH3 is 2. The Morgan fingerprint density at radius 3 is 2.76 bits per heavy atom. The first kappa shape index (κ1) is 13.6. The summed E-state index contributed by atoms with van der Waals surface area (Å²) in [5.41, 5.74) is 1.25. The highest BCUT2D eigenvalue weighted by Gasteiger charge is 2.39. The van der Waals surface area contributed by atoms with Crippen molar-refractivity contribution in [3.05, 3.63) is 41.8 Å². The van der Waals surface area contributed by atoms with E-state index in [-0.39, 0.29) is 0 Å². The van der Waals surface area contributed by atoms with Crippen LogP contribution in [0.1, 0.15) is 18.1 Å². The predicted octanol–water partition coefficient (Wildman–Crippen LogP) is 1.80. The molecule has 1 aliphatic heterocycles. The first-order valence-corrected chi connectivity index (χ1v) is 6.50. The highest BCUT2D eigenvalue weighted by atomic mass is 16.5. The molecule has 21 heavy (non-hydrogen) atoms. The van der Waals surface area contributed by atoms with Gasteiger partial charge in [0, 0.05) is 19.1 Å². The Balaban J connectivity index is 2.17. The SMILES string of the molecule is COC1=NN(c2ncon2)C(C)(OC)Cc2ccccc21. The van der Waals surface area contributed by atoms with Gasteiger partial charge >= 0.3 is 0 Å². The summed E-state index contributed by atoms with van der Waals surface area (Å²) in [5, 5.41) is 9.95. The molecule has 2 heterocycles. The zero-order valence-corrected chi connectivity index (χ0v) is 12.1. The Hall–Kier alpha value is -2.41. The molecule has 1 atom stereocenters. The van der Waals surface area contributed by atoms with E-state index in [9.17, 15) is 0 Å². The molecular weight excluding hydrogens is 272 g/mol. The Morgan fingerprint density at radius 2 is 2.10 bits per heavy atom. The Bertz CT molecular complexity index is 656. The van der Waals surface area contributed by atoms with E-state index in [1.54, 1.807) is 19.2 Å². The number of benzene rings is 1. The van der Waals surface area contributed by atoms with Gasteiger partial charge in [0.05, 0.1) is 7.11 Å². The molecule has 2 aromatic rings. The van der Waals surface area contributed by atoms with Crippen molar-refractivity contribution in [2.24, 2.45) is 5.10 Å². The van der Waals surface area contributed by atoms with Crippen LogP contribution < -0.4 is 5.01 Å². The lowest BCUT2D eigenvalue weighted by atomic mass is 9.99. The molecular formula is C14H16N4O3. The fraction of sp³-hybridized carbons (Fsp3) is 0.357. The molecule has 0 saturated carbocycles. The van der Waals surface area contributed by atoms with Crippen LogP contribution in [0.5, 0.6) is 0 Å². The van der Waals surface area contributed by atoms with Crippen LogP contribution in [0.15, 0.2) is 40.3 Å². The molecule has 0 bridgehead atoms. The van der Waals surface area contributed by atoms with E-state index >= 15 is 0 Å². The maximum absolute atomic E-state index is 5.69. The van der Waals surface area contributed by atoms with Crippen LogP contribution in [-0.4, -0.2) is 36.0 Å². The number of aromatic nitrogens is 2. The molecule has 0 spiro atoms. The van der Waals surface area contributed by atoms with E-state index in [4.69, 9.17) is 14.0 Å². The minimum atomic E-state index is -0.750. The number of ether oxygens (including phenoxy) is 2. The molecule has 0 radical (unpaired) electrons. The summed E-state index contributed by atoms with van der Waals surface area (Å²) in [5.74, 6) is 0.804. The molecule has 1 aromatic carbocycles. The molecule has 1 aliphatic rings. The van der Waals surface area contributed by atoms with Gasteiger partial charge in [0.25, 0.3) is 5.95 Å². The van der Waals surface area contributed by atoms with Crippen molar-refractivity contribution in [3.63, 3.8) is 0 Å². The van der Waals surface area contributed by atoms with Crippen molar-refractivity contribution in [1.82, 2.24) is 10.1 Å². The maximum Gasteiger partial charge on any atom is 0.289 e. The summed E-state index contributed by atoms with van der Waals surface area (Å²) in [6.45, 7) is 1.92. The zero-order valence-electron chi connectivity index (χ0n) is 12.1. The monoisotopic (exact) mass is 288 g/mol. The third-order valence-electron chi connectivity index (χ3n) is 3.58. The van der Waals surface area contributed by atoms with Crippen molar-refractivity contribution in [2.75, 3.05) is 19.2 Å². The van der Waals surface area contributed by atoms with Gasteiger partial charge in [-0.3, -0.25) is 0 Å². The molecule has 7 nitrogen and oxygen atoms in total. The fourth-order valence-corrected chi connectivity index (χ4v) is 2.39. The molecule has 1 unspecified atom stereocenters. The molecule has 1 aromatic heterocycles. The Morgan fingerprint density at radius 1 is 1.29 bits per heavy atom. The van der Waals surface area contributed by atoms with Gasteiger partial charge in [-0.05, 0) is 23.7 Å². The lowest BCUT2D eigenvalue weighted by molar-refractivity contribution is 0.00271. The molecule has 7 heteroatoms. The molecule has 0 saturated heterocycles. The second kappa shape index (κ2) is 5.17. The van der Waals surface area contributed by atoms with Crippen molar-refractivity contribution >= 4 is 11.8 Å². The average Bonchev–Trinajstić information content (AvgIpc) is 2.99. The van der Waals surface area contributed by atoms with Gasteiger partial charge in [-0.2, -0.15) is 9.99 Å². The Kier molecular flexibility index (Phi) is 3.34. The number of hydrazone groups is 1. The maximum atomic E-state index is 5.69. The first-order chi connectivity index (χ1) is 10.2. The van der Waals surface area contributed by atoms with Gasteiger partial charge < -0.3 is 14.0 Å². The van der Waals surface area contributed by atoms with Gasteiger partial charge in [0.2, 0.25) is 12.3 Å². The van der Waals surface area contributed by atoms with Crippen LogP contribution in [0, 0.1) is 0 Å². The van der Waals surface area contributed by atoms with Crippen LogP contribution in [-0.2, 0) is 15.9 Å². The normalized spacial score (nSPS) is 21.5. The summed E-state index contributed by atoms with van der Waals surface area (Å²) >= 11 is 0. The number of hydrogen-bond donors (Lipinski definition) is 0. The van der Waals surface area contributed by atoms with Gasteiger partial charge in [-0.1, -0.05) is 18.2 Å². The van der Waals surface area contributed by atoms with E-state index in [0.29, 0.717) is 18.3 Å². The van der Waals surface area contributed by atoms with Crippen molar-refractivity contribution in [1.29, 1.82) is 0 Å². The lowest BCUT2D eigenvalue weighted by Crippen LogP contribution is -2.47. The molecule has 0 aliphatic carbocycles. The number of hydrogen-bond acceptors (Lipinski definition) is 7. The van der Waals surface area contributed by atoms with Gasteiger partial charge in [0.1, 0.15) is 0 Å². The topological polar surface area (TPSA) is 73.0 Å². The van der Waals surface area contributed by atoms with Gasteiger partial charge in [0.15, 0.2) is 5.72 Å². The highest BCUT2D eigenvalue weighted by molar-refractivity contribution is 5.96. The van der Waals surface area contributed by atoms with Crippen LogP contribution in [0.2, 0.25) is 0 Å². The summed E-state index contributed by atoms with van der Waals surface area (Å²) in [6.07, 6.45) is 1.86. The van der Waals surface area contributed by atoms with Crippen LogP contribution in [0.3, 0.4) is 0 Å². The van der Waals surface area contributed by atoms with Crippen LogP contribution >= 0.6 is 0 Å². The molecule has 0 fully saturated rings. The smallest absolute Gasteiger partial charge is 0.289 e. The van der Waals surface area contributed by atoms with Gasteiger partial charge in [-0.15, -0.1) is 5.10 Å². The number of anilines is 1. The third-order valence-corrected chi connectivity index (χ3v) is 3.58. The highest BCUT2D eigenvalue weighted by Crippen LogP contribution is 2.31. The van der Waals surface area contributed by atoms with E-state index < -0.39 is 5.72 Å². The summed E-state index contributed by atoms with van der Waals surface area (Å²) in [6, 6.07) is 7.92.